The molecule has 18 heavy (non-hydrogen) atoms. The van der Waals surface area contributed by atoms with E-state index in [1.807, 2.05) is 16.4 Å². The molecule has 0 aromatic carbocycles. The lowest BCUT2D eigenvalue weighted by molar-refractivity contribution is 0.592. The van der Waals surface area contributed by atoms with Crippen molar-refractivity contribution in [2.45, 2.75) is 52.6 Å². The van der Waals surface area contributed by atoms with E-state index in [1.54, 1.807) is 0 Å². The number of halogens is 1. The van der Waals surface area contributed by atoms with Crippen molar-refractivity contribution < 1.29 is 0 Å². The Morgan fingerprint density at radius 1 is 1.39 bits per heavy atom. The van der Waals surface area contributed by atoms with Crippen LogP contribution in [0, 0.1) is 0 Å². The Bertz CT molecular complexity index is 365. The van der Waals surface area contributed by atoms with Gasteiger partial charge in [0.25, 0.3) is 0 Å². The number of aryl methyl sites for hydroxylation is 2. The Morgan fingerprint density at radius 2 is 2.11 bits per heavy atom. The molecule has 1 aromatic rings. The molecule has 1 aromatic heterocycles. The van der Waals surface area contributed by atoms with Gasteiger partial charge in [0.05, 0.1) is 16.4 Å². The van der Waals surface area contributed by atoms with Crippen LogP contribution in [0.3, 0.4) is 0 Å². The quantitative estimate of drug-likeness (QED) is 0.748. The number of nitrogens with two attached hydrogens (primary N) is 1. The van der Waals surface area contributed by atoms with Crippen LogP contribution in [-0.4, -0.2) is 27.3 Å². The van der Waals surface area contributed by atoms with Gasteiger partial charge in [-0.05, 0) is 25.5 Å². The molecule has 1 unspecified atom stereocenters. The van der Waals surface area contributed by atoms with Gasteiger partial charge in [0.15, 0.2) is 0 Å². The highest BCUT2D eigenvalue weighted by Gasteiger charge is 2.16. The van der Waals surface area contributed by atoms with Gasteiger partial charge in [-0.3, -0.25) is 4.68 Å². The molecular formula is C13H24ClN3S. The molecule has 0 aliphatic carbocycles. The Kier molecular flexibility index (Phi) is 7.12. The maximum Gasteiger partial charge on any atom is 0.0850 e. The molecule has 0 aliphatic heterocycles. The minimum atomic E-state index is 0.158. The van der Waals surface area contributed by atoms with Gasteiger partial charge < -0.3 is 5.73 Å². The summed E-state index contributed by atoms with van der Waals surface area (Å²) in [6.07, 6.45) is 2.89. The van der Waals surface area contributed by atoms with Crippen LogP contribution in [0.1, 0.15) is 38.6 Å². The summed E-state index contributed by atoms with van der Waals surface area (Å²) in [7, 11) is 0. The summed E-state index contributed by atoms with van der Waals surface area (Å²) in [5.74, 6) is 2.16. The Balaban J connectivity index is 2.67. The lowest BCUT2D eigenvalue weighted by Gasteiger charge is -2.12. The van der Waals surface area contributed by atoms with E-state index in [2.05, 4.69) is 25.9 Å². The summed E-state index contributed by atoms with van der Waals surface area (Å²) in [4.78, 5) is 0. The van der Waals surface area contributed by atoms with Crippen LogP contribution in [0.4, 0.5) is 0 Å². The van der Waals surface area contributed by atoms with Crippen molar-refractivity contribution in [1.82, 2.24) is 9.78 Å². The van der Waals surface area contributed by atoms with Crippen LogP contribution in [-0.2, 0) is 19.4 Å². The fourth-order valence-corrected chi connectivity index (χ4v) is 3.12. The molecule has 0 saturated carbocycles. The number of hydrogen-bond acceptors (Lipinski definition) is 3. The molecule has 2 N–H and O–H groups in total. The van der Waals surface area contributed by atoms with E-state index in [0.717, 1.165) is 41.5 Å². The molecule has 0 radical (unpaired) electrons. The number of thioether (sulfide) groups is 1. The van der Waals surface area contributed by atoms with Crippen molar-refractivity contribution in [3.05, 3.63) is 16.4 Å². The summed E-state index contributed by atoms with van der Waals surface area (Å²) in [6, 6.07) is 0.158. The predicted octanol–water partition coefficient (Wildman–Crippen LogP) is 3.13. The highest BCUT2D eigenvalue weighted by molar-refractivity contribution is 7.99. The number of aromatic nitrogens is 2. The first-order valence-corrected chi connectivity index (χ1v) is 8.24. The maximum atomic E-state index is 6.37. The minimum absolute atomic E-state index is 0.158. The van der Waals surface area contributed by atoms with Gasteiger partial charge in [0.2, 0.25) is 0 Å². The maximum absolute atomic E-state index is 6.37. The lowest BCUT2D eigenvalue weighted by Crippen LogP contribution is -2.27. The molecule has 1 atom stereocenters. The van der Waals surface area contributed by atoms with Crippen molar-refractivity contribution in [2.75, 3.05) is 11.5 Å². The first kappa shape index (κ1) is 15.9. The van der Waals surface area contributed by atoms with E-state index in [4.69, 9.17) is 17.3 Å². The lowest BCUT2D eigenvalue weighted by atomic mass is 10.1. The van der Waals surface area contributed by atoms with Crippen molar-refractivity contribution >= 4 is 23.4 Å². The summed E-state index contributed by atoms with van der Waals surface area (Å²) in [5.41, 5.74) is 8.25. The van der Waals surface area contributed by atoms with Crippen LogP contribution in [0.5, 0.6) is 0 Å². The third-order valence-electron chi connectivity index (χ3n) is 2.83. The van der Waals surface area contributed by atoms with E-state index in [0.29, 0.717) is 0 Å². The van der Waals surface area contributed by atoms with Crippen molar-refractivity contribution in [2.24, 2.45) is 5.73 Å². The second-order valence-electron chi connectivity index (χ2n) is 4.42. The molecule has 0 spiro atoms. The van der Waals surface area contributed by atoms with Crippen LogP contribution in [0.15, 0.2) is 0 Å². The normalized spacial score (nSPS) is 12.9. The van der Waals surface area contributed by atoms with E-state index in [9.17, 15) is 0 Å². The Morgan fingerprint density at radius 3 is 2.67 bits per heavy atom. The predicted molar refractivity (Wildman–Crippen MR) is 81.6 cm³/mol. The number of hydrogen-bond donors (Lipinski definition) is 1. The number of rotatable bonds is 8. The molecule has 0 amide bonds. The zero-order valence-electron chi connectivity index (χ0n) is 11.6. The zero-order chi connectivity index (χ0) is 13.5. The molecule has 0 aliphatic rings. The van der Waals surface area contributed by atoms with Gasteiger partial charge in [0, 0.05) is 24.8 Å². The van der Waals surface area contributed by atoms with Gasteiger partial charge in [-0.2, -0.15) is 16.9 Å². The van der Waals surface area contributed by atoms with Crippen molar-refractivity contribution in [1.29, 1.82) is 0 Å². The first-order valence-electron chi connectivity index (χ1n) is 6.71. The molecule has 5 heteroatoms. The average molecular weight is 290 g/mol. The van der Waals surface area contributed by atoms with E-state index < -0.39 is 0 Å². The molecule has 0 saturated heterocycles. The summed E-state index contributed by atoms with van der Waals surface area (Å²) in [6.45, 7) is 7.21. The summed E-state index contributed by atoms with van der Waals surface area (Å²) >= 11 is 8.28. The largest absolute Gasteiger partial charge is 0.327 e. The molecule has 3 nitrogen and oxygen atoms in total. The topological polar surface area (TPSA) is 43.8 Å². The smallest absolute Gasteiger partial charge is 0.0850 e. The van der Waals surface area contributed by atoms with Gasteiger partial charge >= 0.3 is 0 Å². The van der Waals surface area contributed by atoms with Crippen LogP contribution >= 0.6 is 23.4 Å². The van der Waals surface area contributed by atoms with E-state index >= 15 is 0 Å². The summed E-state index contributed by atoms with van der Waals surface area (Å²) < 4.78 is 1.99. The second kappa shape index (κ2) is 8.08. The number of nitrogens with zero attached hydrogens (tertiary/aromatic N) is 2. The Labute approximate surface area is 119 Å². The molecule has 0 fully saturated rings. The van der Waals surface area contributed by atoms with E-state index in [-0.39, 0.29) is 6.04 Å². The fraction of sp³-hybridized carbons (Fsp3) is 0.769. The van der Waals surface area contributed by atoms with Crippen molar-refractivity contribution in [3.63, 3.8) is 0 Å². The van der Waals surface area contributed by atoms with Crippen LogP contribution < -0.4 is 5.73 Å². The van der Waals surface area contributed by atoms with Gasteiger partial charge in [-0.1, -0.05) is 25.4 Å². The van der Waals surface area contributed by atoms with E-state index in [1.165, 1.54) is 12.2 Å². The second-order valence-corrected chi connectivity index (χ2v) is 5.94. The highest BCUT2D eigenvalue weighted by Crippen LogP contribution is 2.23. The molecule has 1 rings (SSSR count). The first-order chi connectivity index (χ1) is 8.63. The SMILES string of the molecule is CCCSCC(N)Cc1c(Cl)c(CC)nn1CC. The average Bonchev–Trinajstić information content (AvgIpc) is 2.66. The summed E-state index contributed by atoms with van der Waals surface area (Å²) in [5, 5.41) is 5.33. The minimum Gasteiger partial charge on any atom is -0.327 e. The van der Waals surface area contributed by atoms with Crippen LogP contribution in [0.25, 0.3) is 0 Å². The molecule has 1 heterocycles. The monoisotopic (exact) mass is 289 g/mol. The van der Waals surface area contributed by atoms with Gasteiger partial charge in [-0.15, -0.1) is 0 Å². The third kappa shape index (κ3) is 4.18. The fourth-order valence-electron chi connectivity index (χ4n) is 1.90. The van der Waals surface area contributed by atoms with Gasteiger partial charge in [0.1, 0.15) is 0 Å². The van der Waals surface area contributed by atoms with Crippen molar-refractivity contribution in [3.8, 4) is 0 Å². The standard InChI is InChI=1S/C13H24ClN3S/c1-4-7-18-9-10(15)8-12-13(14)11(5-2)16-17(12)6-3/h10H,4-9,15H2,1-3H3. The molecule has 104 valence electrons. The highest BCUT2D eigenvalue weighted by atomic mass is 35.5. The molecular weight excluding hydrogens is 266 g/mol. The van der Waals surface area contributed by atoms with Crippen LogP contribution in [0.2, 0.25) is 5.02 Å². The zero-order valence-corrected chi connectivity index (χ0v) is 13.2. The Hall–Kier alpha value is -0.190. The third-order valence-corrected chi connectivity index (χ3v) is 4.63. The van der Waals surface area contributed by atoms with Gasteiger partial charge in [-0.25, -0.2) is 0 Å². The molecule has 0 bridgehead atoms.